The first-order valence-corrected chi connectivity index (χ1v) is 10.00. The molecule has 2 N–H and O–H groups in total. The molecular weight excluding hydrogens is 298 g/mol. The van der Waals surface area contributed by atoms with Gasteiger partial charge in [-0.3, -0.25) is 4.79 Å². The van der Waals surface area contributed by atoms with Gasteiger partial charge in [-0.25, -0.2) is 4.79 Å². The average Bonchev–Trinajstić information content (AvgIpc) is 2.50. The molecule has 0 aromatic heterocycles. The molecule has 0 aliphatic carbocycles. The summed E-state index contributed by atoms with van der Waals surface area (Å²) in [6.45, 7) is 2.22. The van der Waals surface area contributed by atoms with Crippen molar-refractivity contribution in [2.24, 2.45) is 5.73 Å². The minimum absolute atomic E-state index is 0.316. The van der Waals surface area contributed by atoms with Gasteiger partial charge < -0.3 is 10.5 Å². The molecule has 0 unspecified atom stereocenters. The van der Waals surface area contributed by atoms with Crippen LogP contribution in [0.5, 0.6) is 0 Å². The third kappa shape index (κ3) is 13.1. The summed E-state index contributed by atoms with van der Waals surface area (Å²) in [6.07, 6.45) is 13.6. The van der Waals surface area contributed by atoms with Crippen molar-refractivity contribution in [1.29, 1.82) is 0 Å². The minimum atomic E-state index is -0.681. The van der Waals surface area contributed by atoms with Crippen molar-refractivity contribution in [2.75, 3.05) is 12.0 Å². The first-order valence-electron chi connectivity index (χ1n) is 8.60. The predicted molar refractivity (Wildman–Crippen MR) is 93.9 cm³/mol. The van der Waals surface area contributed by atoms with E-state index in [1.54, 1.807) is 11.8 Å². The maximum absolute atomic E-state index is 11.5. The van der Waals surface area contributed by atoms with Crippen LogP contribution < -0.4 is 5.73 Å². The fraction of sp³-hybridized carbons (Fsp3) is 0.882. The molecule has 0 spiro atoms. The van der Waals surface area contributed by atoms with Gasteiger partial charge >= 0.3 is 11.9 Å². The molecule has 0 radical (unpaired) electrons. The molecule has 0 rings (SSSR count). The van der Waals surface area contributed by atoms with Crippen LogP contribution in [0.3, 0.4) is 0 Å². The maximum atomic E-state index is 11.5. The number of hydrogen-bond donors (Lipinski definition) is 1. The summed E-state index contributed by atoms with van der Waals surface area (Å²) >= 11 is 1.62. The Kier molecular flexibility index (Phi) is 15.0. The van der Waals surface area contributed by atoms with Crippen LogP contribution in [-0.2, 0) is 14.3 Å². The van der Waals surface area contributed by atoms with Crippen LogP contribution in [0.4, 0.5) is 0 Å². The van der Waals surface area contributed by atoms with Crippen LogP contribution in [0.1, 0.15) is 77.6 Å². The minimum Gasteiger partial charge on any atom is -0.392 e. The summed E-state index contributed by atoms with van der Waals surface area (Å²) in [6, 6.07) is -0.681. The van der Waals surface area contributed by atoms with E-state index in [1.165, 1.54) is 38.5 Å². The summed E-state index contributed by atoms with van der Waals surface area (Å²) in [5.41, 5.74) is 5.66. The largest absolute Gasteiger partial charge is 0.392 e. The highest BCUT2D eigenvalue weighted by Crippen LogP contribution is 2.11. The Bertz CT molecular complexity index is 298. The van der Waals surface area contributed by atoms with Gasteiger partial charge in [0, 0.05) is 6.42 Å². The number of carbonyl (C=O) groups excluding carboxylic acids is 2. The molecule has 22 heavy (non-hydrogen) atoms. The van der Waals surface area contributed by atoms with Gasteiger partial charge in [0.05, 0.1) is 0 Å². The molecule has 0 fully saturated rings. The Hall–Kier alpha value is -0.550. The number of thioether (sulfide) groups is 1. The second-order valence-electron chi connectivity index (χ2n) is 5.76. The normalized spacial score (nSPS) is 12.1. The zero-order valence-corrected chi connectivity index (χ0v) is 15.1. The Morgan fingerprint density at radius 3 is 2.09 bits per heavy atom. The van der Waals surface area contributed by atoms with Crippen LogP contribution in [0.15, 0.2) is 0 Å². The number of hydrogen-bond acceptors (Lipinski definition) is 5. The lowest BCUT2D eigenvalue weighted by atomic mass is 10.1. The van der Waals surface area contributed by atoms with E-state index in [-0.39, 0.29) is 0 Å². The van der Waals surface area contributed by atoms with Gasteiger partial charge in [0.1, 0.15) is 6.04 Å². The Labute approximate surface area is 139 Å². The van der Waals surface area contributed by atoms with Crippen molar-refractivity contribution in [3.05, 3.63) is 0 Å². The monoisotopic (exact) mass is 331 g/mol. The van der Waals surface area contributed by atoms with Crippen molar-refractivity contribution in [3.8, 4) is 0 Å². The molecule has 1 atom stereocenters. The SMILES string of the molecule is CCCCCCCCCCCC(=O)OC(=O)[C@@H](N)CCSC. The number of esters is 2. The first-order chi connectivity index (χ1) is 10.6. The highest BCUT2D eigenvalue weighted by molar-refractivity contribution is 7.98. The number of carbonyl (C=O) groups is 2. The molecular formula is C17H33NO3S. The molecule has 130 valence electrons. The summed E-state index contributed by atoms with van der Waals surface area (Å²) in [4.78, 5) is 23.1. The highest BCUT2D eigenvalue weighted by atomic mass is 32.2. The van der Waals surface area contributed by atoms with E-state index in [0.29, 0.717) is 12.8 Å². The molecule has 0 aliphatic rings. The summed E-state index contributed by atoms with van der Waals surface area (Å²) in [7, 11) is 0. The van der Waals surface area contributed by atoms with E-state index in [2.05, 4.69) is 6.92 Å². The first kappa shape index (κ1) is 21.4. The van der Waals surface area contributed by atoms with Crippen molar-refractivity contribution in [2.45, 2.75) is 83.6 Å². The third-order valence-corrected chi connectivity index (χ3v) is 4.28. The van der Waals surface area contributed by atoms with Crippen molar-refractivity contribution in [1.82, 2.24) is 0 Å². The fourth-order valence-electron chi connectivity index (χ4n) is 2.18. The molecule has 0 aliphatic heterocycles. The van der Waals surface area contributed by atoms with Gasteiger partial charge in [0.2, 0.25) is 0 Å². The number of nitrogens with two attached hydrogens (primary N) is 1. The van der Waals surface area contributed by atoms with Crippen LogP contribution >= 0.6 is 11.8 Å². The van der Waals surface area contributed by atoms with Crippen LogP contribution in [0.2, 0.25) is 0 Å². The van der Waals surface area contributed by atoms with Gasteiger partial charge in [0.15, 0.2) is 0 Å². The Morgan fingerprint density at radius 1 is 1.00 bits per heavy atom. The smallest absolute Gasteiger partial charge is 0.330 e. The van der Waals surface area contributed by atoms with Gasteiger partial charge in [-0.2, -0.15) is 11.8 Å². The summed E-state index contributed by atoms with van der Waals surface area (Å²) < 4.78 is 4.77. The van der Waals surface area contributed by atoms with Gasteiger partial charge in [-0.15, -0.1) is 0 Å². The molecule has 0 aromatic rings. The van der Waals surface area contributed by atoms with E-state index in [4.69, 9.17) is 10.5 Å². The molecule has 0 aromatic carbocycles. The Balaban J connectivity index is 3.47. The van der Waals surface area contributed by atoms with E-state index in [9.17, 15) is 9.59 Å². The van der Waals surface area contributed by atoms with E-state index in [0.717, 1.165) is 25.0 Å². The van der Waals surface area contributed by atoms with Crippen molar-refractivity contribution in [3.63, 3.8) is 0 Å². The van der Waals surface area contributed by atoms with E-state index < -0.39 is 18.0 Å². The van der Waals surface area contributed by atoms with Gasteiger partial charge in [-0.05, 0) is 24.9 Å². The van der Waals surface area contributed by atoms with E-state index >= 15 is 0 Å². The van der Waals surface area contributed by atoms with Crippen LogP contribution in [-0.4, -0.2) is 30.0 Å². The average molecular weight is 332 g/mol. The Morgan fingerprint density at radius 2 is 1.55 bits per heavy atom. The molecule has 5 heteroatoms. The molecule has 0 saturated heterocycles. The molecule has 4 nitrogen and oxygen atoms in total. The predicted octanol–water partition coefficient (Wildman–Crippen LogP) is 4.06. The molecule has 0 amide bonds. The second kappa shape index (κ2) is 15.3. The van der Waals surface area contributed by atoms with Crippen LogP contribution in [0, 0.1) is 0 Å². The second-order valence-corrected chi connectivity index (χ2v) is 6.75. The topological polar surface area (TPSA) is 69.4 Å². The van der Waals surface area contributed by atoms with Crippen LogP contribution in [0.25, 0.3) is 0 Å². The lowest BCUT2D eigenvalue weighted by molar-refractivity contribution is -0.160. The van der Waals surface area contributed by atoms with E-state index in [1.807, 2.05) is 6.26 Å². The summed E-state index contributed by atoms with van der Waals surface area (Å²) in [5.74, 6) is -0.231. The molecule has 0 heterocycles. The highest BCUT2D eigenvalue weighted by Gasteiger charge is 2.17. The maximum Gasteiger partial charge on any atom is 0.330 e. The number of ether oxygens (including phenoxy) is 1. The van der Waals surface area contributed by atoms with Gasteiger partial charge in [-0.1, -0.05) is 58.3 Å². The standard InChI is InChI=1S/C17H33NO3S/c1-3-4-5-6-7-8-9-10-11-12-16(19)21-17(20)15(18)13-14-22-2/h15H,3-14,18H2,1-2H3/t15-/m0/s1. The lowest BCUT2D eigenvalue weighted by Crippen LogP contribution is -2.34. The number of unbranched alkanes of at least 4 members (excludes halogenated alkanes) is 8. The lowest BCUT2D eigenvalue weighted by Gasteiger charge is -2.09. The molecule has 0 bridgehead atoms. The molecule has 0 saturated carbocycles. The zero-order valence-electron chi connectivity index (χ0n) is 14.3. The fourth-order valence-corrected chi connectivity index (χ4v) is 2.67. The summed E-state index contributed by atoms with van der Waals surface area (Å²) in [5, 5.41) is 0. The third-order valence-electron chi connectivity index (χ3n) is 3.63. The van der Waals surface area contributed by atoms with Crippen molar-refractivity contribution < 1.29 is 14.3 Å². The zero-order chi connectivity index (χ0) is 16.6. The quantitative estimate of drug-likeness (QED) is 0.295. The van der Waals surface area contributed by atoms with Crippen molar-refractivity contribution >= 4 is 23.7 Å². The van der Waals surface area contributed by atoms with Gasteiger partial charge in [0.25, 0.3) is 0 Å². The number of rotatable bonds is 14.